The average Bonchev–Trinajstić information content (AvgIpc) is 3.23. The molecule has 2 rings (SSSR count). The number of benzene rings is 1. The molecule has 1 saturated carbocycles. The minimum atomic E-state index is -0.478. The van der Waals surface area contributed by atoms with E-state index in [4.69, 9.17) is 16.7 Å². The van der Waals surface area contributed by atoms with E-state index < -0.39 is 5.82 Å². The number of carbonyl (C=O) groups excluding carboxylic acids is 1. The van der Waals surface area contributed by atoms with Gasteiger partial charge in [0.15, 0.2) is 0 Å². The van der Waals surface area contributed by atoms with Gasteiger partial charge in [-0.25, -0.2) is 9.18 Å². The number of rotatable bonds is 5. The summed E-state index contributed by atoms with van der Waals surface area (Å²) in [6.45, 7) is 2.08. The Bertz CT molecular complexity index is 494. The summed E-state index contributed by atoms with van der Waals surface area (Å²) < 4.78 is 13.1. The Morgan fingerprint density at radius 1 is 1.60 bits per heavy atom. The van der Waals surface area contributed by atoms with Crippen molar-refractivity contribution < 1.29 is 14.3 Å². The van der Waals surface area contributed by atoms with Gasteiger partial charge in [0.05, 0.1) is 17.7 Å². The van der Waals surface area contributed by atoms with E-state index in [1.54, 1.807) is 11.0 Å². The summed E-state index contributed by atoms with van der Waals surface area (Å²) in [6, 6.07) is 4.13. The van der Waals surface area contributed by atoms with Gasteiger partial charge in [0.1, 0.15) is 5.82 Å². The summed E-state index contributed by atoms with van der Waals surface area (Å²) in [5.74, 6) is -0.478. The number of hydrogen-bond donors (Lipinski definition) is 2. The van der Waals surface area contributed by atoms with Gasteiger partial charge in [0.2, 0.25) is 0 Å². The van der Waals surface area contributed by atoms with Crippen molar-refractivity contribution in [2.24, 2.45) is 0 Å². The molecule has 1 aliphatic carbocycles. The first-order chi connectivity index (χ1) is 9.52. The summed E-state index contributed by atoms with van der Waals surface area (Å²) in [6.07, 6.45) is 1.95. The third kappa shape index (κ3) is 3.61. The molecule has 20 heavy (non-hydrogen) atoms. The van der Waals surface area contributed by atoms with Crippen molar-refractivity contribution in [2.45, 2.75) is 31.8 Å². The molecule has 6 heteroatoms. The molecule has 1 unspecified atom stereocenters. The van der Waals surface area contributed by atoms with Gasteiger partial charge in [-0.15, -0.1) is 0 Å². The van der Waals surface area contributed by atoms with Crippen LogP contribution in [0.1, 0.15) is 31.4 Å². The Balaban J connectivity index is 2.00. The predicted octanol–water partition coefficient (Wildman–Crippen LogP) is 2.71. The molecule has 1 fully saturated rings. The first-order valence-corrected chi connectivity index (χ1v) is 7.03. The van der Waals surface area contributed by atoms with Gasteiger partial charge in [-0.3, -0.25) is 0 Å². The van der Waals surface area contributed by atoms with Crippen molar-refractivity contribution in [3.63, 3.8) is 0 Å². The fourth-order valence-corrected chi connectivity index (χ4v) is 2.27. The molecule has 2 N–H and O–H groups in total. The smallest absolute Gasteiger partial charge is 0.318 e. The number of carbonyl (C=O) groups is 1. The normalized spacial score (nSPS) is 15.8. The van der Waals surface area contributed by atoms with Crippen LogP contribution in [0.2, 0.25) is 5.02 Å². The maximum atomic E-state index is 13.1. The highest BCUT2D eigenvalue weighted by Gasteiger charge is 2.32. The maximum Gasteiger partial charge on any atom is 0.318 e. The van der Waals surface area contributed by atoms with Crippen molar-refractivity contribution in [1.29, 1.82) is 0 Å². The Morgan fingerprint density at radius 3 is 2.85 bits per heavy atom. The summed E-state index contributed by atoms with van der Waals surface area (Å²) >= 11 is 5.74. The predicted molar refractivity (Wildman–Crippen MR) is 75.2 cm³/mol. The van der Waals surface area contributed by atoms with Crippen molar-refractivity contribution in [3.8, 4) is 0 Å². The lowest BCUT2D eigenvalue weighted by Gasteiger charge is -2.24. The van der Waals surface area contributed by atoms with Crippen LogP contribution in [0.25, 0.3) is 0 Å². The van der Waals surface area contributed by atoms with E-state index in [9.17, 15) is 9.18 Å². The second-order valence-electron chi connectivity index (χ2n) is 4.99. The lowest BCUT2D eigenvalue weighted by molar-refractivity contribution is 0.171. The number of aliphatic hydroxyl groups is 1. The van der Waals surface area contributed by atoms with Gasteiger partial charge in [-0.1, -0.05) is 17.7 Å². The standard InChI is InChI=1S/C14H18ClFN2O2/c1-9(10-2-5-13(16)12(15)8-10)17-14(20)18(6-7-19)11-3-4-11/h2,5,8-9,11,19H,3-4,6-7H2,1H3,(H,17,20). The van der Waals surface area contributed by atoms with Crippen molar-refractivity contribution in [1.82, 2.24) is 10.2 Å². The van der Waals surface area contributed by atoms with Gasteiger partial charge in [-0.2, -0.15) is 0 Å². The number of amides is 2. The molecule has 4 nitrogen and oxygen atoms in total. The van der Waals surface area contributed by atoms with E-state index >= 15 is 0 Å². The third-order valence-corrected chi connectivity index (χ3v) is 3.66. The zero-order valence-electron chi connectivity index (χ0n) is 11.3. The quantitative estimate of drug-likeness (QED) is 0.878. The van der Waals surface area contributed by atoms with Crippen LogP contribution in [0, 0.1) is 5.82 Å². The molecule has 1 aliphatic rings. The highest BCUT2D eigenvalue weighted by Crippen LogP contribution is 2.27. The van der Waals surface area contributed by atoms with Crippen molar-refractivity contribution in [2.75, 3.05) is 13.2 Å². The van der Waals surface area contributed by atoms with E-state index in [-0.39, 0.29) is 29.7 Å². The van der Waals surface area contributed by atoms with Crippen LogP contribution in [0.4, 0.5) is 9.18 Å². The average molecular weight is 301 g/mol. The topological polar surface area (TPSA) is 52.6 Å². The monoisotopic (exact) mass is 300 g/mol. The second-order valence-corrected chi connectivity index (χ2v) is 5.40. The lowest BCUT2D eigenvalue weighted by atomic mass is 10.1. The number of nitrogens with one attached hydrogen (secondary N) is 1. The van der Waals surface area contributed by atoms with Crippen LogP contribution in [-0.2, 0) is 0 Å². The maximum absolute atomic E-state index is 13.1. The van der Waals surface area contributed by atoms with E-state index in [0.29, 0.717) is 6.54 Å². The minimum Gasteiger partial charge on any atom is -0.395 e. The molecule has 1 aromatic rings. The van der Waals surface area contributed by atoms with E-state index in [2.05, 4.69) is 5.32 Å². The highest BCUT2D eigenvalue weighted by molar-refractivity contribution is 6.30. The number of hydrogen-bond acceptors (Lipinski definition) is 2. The summed E-state index contributed by atoms with van der Waals surface area (Å²) in [7, 11) is 0. The van der Waals surface area contributed by atoms with Crippen molar-refractivity contribution >= 4 is 17.6 Å². The van der Waals surface area contributed by atoms with Crippen molar-refractivity contribution in [3.05, 3.63) is 34.6 Å². The van der Waals surface area contributed by atoms with Crippen LogP contribution in [0.5, 0.6) is 0 Å². The van der Waals surface area contributed by atoms with Gasteiger partial charge in [-0.05, 0) is 37.5 Å². The molecule has 0 radical (unpaired) electrons. The molecular formula is C14H18ClFN2O2. The van der Waals surface area contributed by atoms with Crippen LogP contribution >= 0.6 is 11.6 Å². The summed E-state index contributed by atoms with van der Waals surface area (Å²) in [4.78, 5) is 13.8. The molecule has 1 aromatic carbocycles. The molecule has 0 bridgehead atoms. The van der Waals surface area contributed by atoms with Crippen LogP contribution < -0.4 is 5.32 Å². The first-order valence-electron chi connectivity index (χ1n) is 6.66. The number of halogens is 2. The highest BCUT2D eigenvalue weighted by atomic mass is 35.5. The first kappa shape index (κ1) is 15.1. The minimum absolute atomic E-state index is 0.0398. The number of nitrogens with zero attached hydrogens (tertiary/aromatic N) is 1. The molecule has 1 atom stereocenters. The van der Waals surface area contributed by atoms with Crippen LogP contribution in [0.3, 0.4) is 0 Å². The molecular weight excluding hydrogens is 283 g/mol. The molecule has 0 spiro atoms. The molecule has 0 heterocycles. The largest absolute Gasteiger partial charge is 0.395 e. The Morgan fingerprint density at radius 2 is 2.30 bits per heavy atom. The fourth-order valence-electron chi connectivity index (χ4n) is 2.08. The fraction of sp³-hybridized carbons (Fsp3) is 0.500. The van der Waals surface area contributed by atoms with Gasteiger partial charge in [0, 0.05) is 12.6 Å². The second kappa shape index (κ2) is 6.41. The molecule has 2 amide bonds. The zero-order chi connectivity index (χ0) is 14.7. The molecule has 0 saturated heterocycles. The van der Waals surface area contributed by atoms with Crippen LogP contribution in [0.15, 0.2) is 18.2 Å². The zero-order valence-corrected chi connectivity index (χ0v) is 12.0. The van der Waals surface area contributed by atoms with E-state index in [1.807, 2.05) is 6.92 Å². The van der Waals surface area contributed by atoms with E-state index in [0.717, 1.165) is 18.4 Å². The van der Waals surface area contributed by atoms with Crippen LogP contribution in [-0.4, -0.2) is 35.2 Å². The Labute approximate surface area is 122 Å². The van der Waals surface area contributed by atoms with Gasteiger partial charge in [0.25, 0.3) is 0 Å². The summed E-state index contributed by atoms with van der Waals surface area (Å²) in [5.41, 5.74) is 0.740. The van der Waals surface area contributed by atoms with E-state index in [1.165, 1.54) is 12.1 Å². The SMILES string of the molecule is CC(NC(=O)N(CCO)C1CC1)c1ccc(F)c(Cl)c1. The molecule has 0 aromatic heterocycles. The Hall–Kier alpha value is -1.33. The lowest BCUT2D eigenvalue weighted by Crippen LogP contribution is -2.43. The molecule has 110 valence electrons. The number of urea groups is 1. The Kier molecular flexibility index (Phi) is 4.83. The molecule has 0 aliphatic heterocycles. The van der Waals surface area contributed by atoms with Gasteiger partial charge < -0.3 is 15.3 Å². The number of aliphatic hydroxyl groups excluding tert-OH is 1. The summed E-state index contributed by atoms with van der Waals surface area (Å²) in [5, 5.41) is 11.9. The van der Waals surface area contributed by atoms with Gasteiger partial charge >= 0.3 is 6.03 Å². The third-order valence-electron chi connectivity index (χ3n) is 3.37.